The summed E-state index contributed by atoms with van der Waals surface area (Å²) in [5.41, 5.74) is 3.29. The molecule has 2 aromatic rings. The van der Waals surface area contributed by atoms with E-state index < -0.39 is 10.7 Å². The molecule has 0 saturated carbocycles. The van der Waals surface area contributed by atoms with Gasteiger partial charge in [-0.05, 0) is 36.8 Å². The molecule has 0 spiro atoms. The van der Waals surface area contributed by atoms with Gasteiger partial charge in [0.05, 0.1) is 4.90 Å². The van der Waals surface area contributed by atoms with Gasteiger partial charge in [0, 0.05) is 18.4 Å². The Morgan fingerprint density at radius 1 is 1.00 bits per heavy atom. The van der Waals surface area contributed by atoms with Gasteiger partial charge in [0.15, 0.2) is 10.7 Å². The van der Waals surface area contributed by atoms with Crippen molar-refractivity contribution >= 4 is 10.7 Å². The summed E-state index contributed by atoms with van der Waals surface area (Å²) < 4.78 is 23.6. The standard InChI is InChI=1S/C12H13NO2S/c1-9-3-8-12(13(9)2)10-4-6-11(7-5-10)16(14)15/h3-8,16H,1-2H3. The third kappa shape index (κ3) is 1.88. The van der Waals surface area contributed by atoms with E-state index in [0.717, 1.165) is 11.3 Å². The van der Waals surface area contributed by atoms with E-state index in [9.17, 15) is 8.42 Å². The van der Waals surface area contributed by atoms with Gasteiger partial charge >= 0.3 is 0 Å². The normalized spacial score (nSPS) is 10.9. The van der Waals surface area contributed by atoms with E-state index in [2.05, 4.69) is 4.57 Å². The van der Waals surface area contributed by atoms with E-state index in [1.165, 1.54) is 5.69 Å². The van der Waals surface area contributed by atoms with Crippen LogP contribution in [0.1, 0.15) is 5.69 Å². The molecule has 0 aliphatic carbocycles. The van der Waals surface area contributed by atoms with Gasteiger partial charge in [-0.1, -0.05) is 12.1 Å². The maximum Gasteiger partial charge on any atom is 0.168 e. The lowest BCUT2D eigenvalue weighted by Crippen LogP contribution is -1.93. The fourth-order valence-corrected chi connectivity index (χ4v) is 2.05. The molecule has 84 valence electrons. The average Bonchev–Trinajstić information content (AvgIpc) is 2.60. The summed E-state index contributed by atoms with van der Waals surface area (Å²) in [5, 5.41) is 0. The highest BCUT2D eigenvalue weighted by Crippen LogP contribution is 2.21. The SMILES string of the molecule is Cc1ccc(-c2ccc([SH](=O)=O)cc2)n1C. The lowest BCUT2D eigenvalue weighted by atomic mass is 10.1. The summed E-state index contributed by atoms with van der Waals surface area (Å²) in [4.78, 5) is 0.352. The average molecular weight is 235 g/mol. The number of hydrogen-bond donors (Lipinski definition) is 1. The zero-order valence-electron chi connectivity index (χ0n) is 9.18. The van der Waals surface area contributed by atoms with E-state index in [1.54, 1.807) is 12.1 Å². The second-order valence-electron chi connectivity index (χ2n) is 3.72. The summed E-state index contributed by atoms with van der Waals surface area (Å²) in [6.07, 6.45) is 0. The summed E-state index contributed by atoms with van der Waals surface area (Å²) in [7, 11) is -0.493. The molecule has 3 nitrogen and oxygen atoms in total. The van der Waals surface area contributed by atoms with Crippen molar-refractivity contribution in [1.82, 2.24) is 4.57 Å². The maximum atomic E-state index is 10.8. The lowest BCUT2D eigenvalue weighted by Gasteiger charge is -2.05. The predicted molar refractivity (Wildman–Crippen MR) is 64.2 cm³/mol. The molecule has 16 heavy (non-hydrogen) atoms. The number of aromatic nitrogens is 1. The zero-order valence-corrected chi connectivity index (χ0v) is 10.1. The Morgan fingerprint density at radius 2 is 1.62 bits per heavy atom. The molecule has 0 bridgehead atoms. The van der Waals surface area contributed by atoms with Crippen molar-refractivity contribution in [2.75, 3.05) is 0 Å². The van der Waals surface area contributed by atoms with Crippen LogP contribution in [0, 0.1) is 6.92 Å². The van der Waals surface area contributed by atoms with Crippen molar-refractivity contribution in [1.29, 1.82) is 0 Å². The van der Waals surface area contributed by atoms with Gasteiger partial charge < -0.3 is 4.57 Å². The maximum absolute atomic E-state index is 10.8. The molecule has 1 aromatic heterocycles. The second-order valence-corrected chi connectivity index (χ2v) is 4.75. The van der Waals surface area contributed by atoms with E-state index in [0.29, 0.717) is 4.90 Å². The van der Waals surface area contributed by atoms with Gasteiger partial charge in [0.1, 0.15) is 0 Å². The van der Waals surface area contributed by atoms with Crippen LogP contribution in [0.25, 0.3) is 11.3 Å². The minimum atomic E-state index is -2.49. The van der Waals surface area contributed by atoms with Crippen LogP contribution in [0.5, 0.6) is 0 Å². The second kappa shape index (κ2) is 4.14. The molecular formula is C12H13NO2S. The Labute approximate surface area is 96.3 Å². The highest BCUT2D eigenvalue weighted by molar-refractivity contribution is 7.72. The molecule has 0 unspecified atom stereocenters. The molecule has 1 aromatic carbocycles. The van der Waals surface area contributed by atoms with Crippen LogP contribution in [-0.2, 0) is 17.8 Å². The minimum absolute atomic E-state index is 0.352. The highest BCUT2D eigenvalue weighted by Gasteiger charge is 2.04. The van der Waals surface area contributed by atoms with Gasteiger partial charge in [-0.2, -0.15) is 0 Å². The summed E-state index contributed by atoms with van der Waals surface area (Å²) in [6.45, 7) is 2.03. The highest BCUT2D eigenvalue weighted by atomic mass is 32.2. The molecule has 1 heterocycles. The quantitative estimate of drug-likeness (QED) is 0.808. The van der Waals surface area contributed by atoms with Gasteiger partial charge in [0.2, 0.25) is 0 Å². The molecule has 0 aliphatic heterocycles. The zero-order chi connectivity index (χ0) is 11.7. The smallest absolute Gasteiger partial charge is 0.168 e. The van der Waals surface area contributed by atoms with Crippen molar-refractivity contribution in [3.63, 3.8) is 0 Å². The third-order valence-electron chi connectivity index (χ3n) is 2.75. The summed E-state index contributed by atoms with van der Waals surface area (Å²) in [6, 6.07) is 11.0. The molecule has 0 saturated heterocycles. The minimum Gasteiger partial charge on any atom is -0.348 e. The molecule has 0 amide bonds. The fourth-order valence-electron chi connectivity index (χ4n) is 1.66. The molecule has 0 radical (unpaired) electrons. The van der Waals surface area contributed by atoms with Crippen LogP contribution < -0.4 is 0 Å². The van der Waals surface area contributed by atoms with Crippen LogP contribution in [0.2, 0.25) is 0 Å². The molecule has 0 aliphatic rings. The first kappa shape index (κ1) is 11.0. The first-order valence-corrected chi connectivity index (χ1v) is 6.14. The Balaban J connectivity index is 2.46. The van der Waals surface area contributed by atoms with Crippen molar-refractivity contribution in [3.8, 4) is 11.3 Å². The molecule has 4 heteroatoms. The van der Waals surface area contributed by atoms with Crippen LogP contribution >= 0.6 is 0 Å². The molecular weight excluding hydrogens is 222 g/mol. The summed E-state index contributed by atoms with van der Waals surface area (Å²) in [5.74, 6) is 0. The van der Waals surface area contributed by atoms with Crippen LogP contribution in [0.4, 0.5) is 0 Å². The van der Waals surface area contributed by atoms with Crippen molar-refractivity contribution in [2.24, 2.45) is 7.05 Å². The first-order valence-electron chi connectivity index (χ1n) is 4.97. The molecule has 0 fully saturated rings. The Bertz CT molecular complexity index is 572. The molecule has 0 N–H and O–H groups in total. The number of nitrogens with zero attached hydrogens (tertiary/aromatic N) is 1. The van der Waals surface area contributed by atoms with Crippen molar-refractivity contribution < 1.29 is 8.42 Å². The topological polar surface area (TPSA) is 39.1 Å². The van der Waals surface area contributed by atoms with E-state index in [1.807, 2.05) is 38.2 Å². The van der Waals surface area contributed by atoms with Crippen LogP contribution in [0.15, 0.2) is 41.3 Å². The number of aryl methyl sites for hydroxylation is 1. The van der Waals surface area contributed by atoms with E-state index in [-0.39, 0.29) is 0 Å². The fraction of sp³-hybridized carbons (Fsp3) is 0.167. The molecule has 2 rings (SSSR count). The van der Waals surface area contributed by atoms with Crippen LogP contribution in [0.3, 0.4) is 0 Å². The van der Waals surface area contributed by atoms with Gasteiger partial charge in [-0.3, -0.25) is 0 Å². The Hall–Kier alpha value is -1.55. The van der Waals surface area contributed by atoms with E-state index >= 15 is 0 Å². The lowest BCUT2D eigenvalue weighted by molar-refractivity contribution is 0.614. The van der Waals surface area contributed by atoms with Crippen LogP contribution in [-0.4, -0.2) is 13.0 Å². The predicted octanol–water partition coefficient (Wildman–Crippen LogP) is 1.97. The number of rotatable bonds is 2. The van der Waals surface area contributed by atoms with Crippen molar-refractivity contribution in [3.05, 3.63) is 42.1 Å². The molecule has 0 atom stereocenters. The largest absolute Gasteiger partial charge is 0.348 e. The third-order valence-corrected chi connectivity index (χ3v) is 3.47. The summed E-state index contributed by atoms with van der Waals surface area (Å²) >= 11 is 0. The number of benzene rings is 1. The Morgan fingerprint density at radius 3 is 2.06 bits per heavy atom. The number of hydrogen-bond acceptors (Lipinski definition) is 2. The van der Waals surface area contributed by atoms with Gasteiger partial charge in [-0.25, -0.2) is 8.42 Å². The first-order chi connectivity index (χ1) is 7.59. The van der Waals surface area contributed by atoms with Gasteiger partial charge in [-0.15, -0.1) is 0 Å². The van der Waals surface area contributed by atoms with Crippen molar-refractivity contribution in [2.45, 2.75) is 11.8 Å². The Kier molecular flexibility index (Phi) is 2.83. The van der Waals surface area contributed by atoms with Gasteiger partial charge in [0.25, 0.3) is 0 Å². The van der Waals surface area contributed by atoms with E-state index in [4.69, 9.17) is 0 Å². The number of thiol groups is 1. The monoisotopic (exact) mass is 235 g/mol.